The molecule has 1 aromatic carbocycles. The molecule has 13 heavy (non-hydrogen) atoms. The van der Waals surface area contributed by atoms with E-state index in [4.69, 9.17) is 28.2 Å². The molecule has 0 unspecified atom stereocenters. The van der Waals surface area contributed by atoms with Crippen molar-refractivity contribution in [1.82, 2.24) is 0 Å². The van der Waals surface area contributed by atoms with Crippen LogP contribution in [0.5, 0.6) is 0 Å². The molecule has 0 amide bonds. The van der Waals surface area contributed by atoms with E-state index in [1.54, 1.807) is 6.07 Å². The summed E-state index contributed by atoms with van der Waals surface area (Å²) in [6.45, 7) is 0. The van der Waals surface area contributed by atoms with Gasteiger partial charge in [0.1, 0.15) is 6.04 Å². The number of hydrogen-bond donors (Lipinski definition) is 3. The van der Waals surface area contributed by atoms with Gasteiger partial charge in [0.25, 0.3) is 0 Å². The van der Waals surface area contributed by atoms with E-state index >= 15 is 0 Å². The topological polar surface area (TPSA) is 89.3 Å². The number of hydrogen-bond acceptors (Lipinski definition) is 3. The number of anilines is 1. The largest absolute Gasteiger partial charge is 0.480 e. The maximum atomic E-state index is 10.5. The van der Waals surface area contributed by atoms with Crippen LogP contribution in [-0.4, -0.2) is 11.1 Å². The van der Waals surface area contributed by atoms with E-state index in [2.05, 4.69) is 0 Å². The lowest BCUT2D eigenvalue weighted by atomic mass is 10.1. The van der Waals surface area contributed by atoms with Crippen LogP contribution in [0.4, 0.5) is 5.69 Å². The van der Waals surface area contributed by atoms with Crippen LogP contribution in [0.25, 0.3) is 0 Å². The zero-order chi connectivity index (χ0) is 10.0. The van der Waals surface area contributed by atoms with E-state index in [9.17, 15) is 4.79 Å². The van der Waals surface area contributed by atoms with Gasteiger partial charge in [-0.15, -0.1) is 0 Å². The number of halogens is 1. The van der Waals surface area contributed by atoms with Crippen LogP contribution < -0.4 is 11.5 Å². The predicted octanol–water partition coefficient (Wildman–Crippen LogP) is 1.01. The second kappa shape index (κ2) is 3.64. The molecular weight excluding hydrogens is 192 g/mol. The Hall–Kier alpha value is -1.26. The van der Waals surface area contributed by atoms with Gasteiger partial charge in [-0.05, 0) is 12.1 Å². The van der Waals surface area contributed by atoms with Crippen LogP contribution in [-0.2, 0) is 4.79 Å². The third-order valence-electron chi connectivity index (χ3n) is 1.65. The van der Waals surface area contributed by atoms with Gasteiger partial charge in [-0.3, -0.25) is 4.79 Å². The van der Waals surface area contributed by atoms with E-state index in [1.165, 1.54) is 12.1 Å². The molecule has 0 aliphatic heterocycles. The van der Waals surface area contributed by atoms with Crippen LogP contribution in [0.15, 0.2) is 18.2 Å². The lowest BCUT2D eigenvalue weighted by molar-refractivity contribution is -0.138. The lowest BCUT2D eigenvalue weighted by Gasteiger charge is -2.09. The average Bonchev–Trinajstić information content (AvgIpc) is 2.03. The Bertz CT molecular complexity index is 341. The van der Waals surface area contributed by atoms with Crippen LogP contribution in [0.3, 0.4) is 0 Å². The maximum Gasteiger partial charge on any atom is 0.325 e. The van der Waals surface area contributed by atoms with Crippen molar-refractivity contribution < 1.29 is 9.90 Å². The summed E-state index contributed by atoms with van der Waals surface area (Å²) in [5.41, 5.74) is 11.6. The Balaban J connectivity index is 3.08. The number of nitrogens with two attached hydrogens (primary N) is 2. The molecule has 70 valence electrons. The second-order valence-electron chi connectivity index (χ2n) is 2.59. The molecule has 5 heteroatoms. The molecule has 0 radical (unpaired) electrons. The third kappa shape index (κ3) is 2.11. The minimum atomic E-state index is -1.12. The van der Waals surface area contributed by atoms with Gasteiger partial charge in [-0.2, -0.15) is 0 Å². The fourth-order valence-corrected chi connectivity index (χ4v) is 1.14. The first-order chi connectivity index (χ1) is 6.02. The molecule has 0 aromatic heterocycles. The van der Waals surface area contributed by atoms with Crippen LogP contribution >= 0.6 is 11.6 Å². The van der Waals surface area contributed by atoms with Crippen molar-refractivity contribution in [1.29, 1.82) is 0 Å². The zero-order valence-electron chi connectivity index (χ0n) is 6.70. The van der Waals surface area contributed by atoms with Crippen molar-refractivity contribution >= 4 is 23.3 Å². The van der Waals surface area contributed by atoms with Crippen molar-refractivity contribution in [2.24, 2.45) is 5.73 Å². The summed E-state index contributed by atoms with van der Waals surface area (Å²) in [4.78, 5) is 10.5. The number of benzene rings is 1. The molecule has 0 heterocycles. The van der Waals surface area contributed by atoms with Gasteiger partial charge >= 0.3 is 5.97 Å². The normalized spacial score (nSPS) is 12.5. The van der Waals surface area contributed by atoms with Crippen molar-refractivity contribution in [3.63, 3.8) is 0 Å². The molecule has 0 spiro atoms. The molecule has 5 N–H and O–H groups in total. The summed E-state index contributed by atoms with van der Waals surface area (Å²) in [5.74, 6) is -1.12. The fraction of sp³-hybridized carbons (Fsp3) is 0.125. The Morgan fingerprint density at radius 1 is 1.54 bits per heavy atom. The van der Waals surface area contributed by atoms with Gasteiger partial charge in [0, 0.05) is 16.3 Å². The molecule has 0 aliphatic rings. The van der Waals surface area contributed by atoms with E-state index in [-0.39, 0.29) is 0 Å². The SMILES string of the molecule is Nc1cc(Cl)ccc1[C@H](N)C(=O)O. The van der Waals surface area contributed by atoms with Crippen molar-refractivity contribution in [2.75, 3.05) is 5.73 Å². The van der Waals surface area contributed by atoms with Gasteiger partial charge in [0.05, 0.1) is 0 Å². The highest BCUT2D eigenvalue weighted by atomic mass is 35.5. The predicted molar refractivity (Wildman–Crippen MR) is 50.4 cm³/mol. The van der Waals surface area contributed by atoms with Gasteiger partial charge in [0.2, 0.25) is 0 Å². The molecule has 1 rings (SSSR count). The molecule has 0 fully saturated rings. The zero-order valence-corrected chi connectivity index (χ0v) is 7.45. The van der Waals surface area contributed by atoms with Gasteiger partial charge in [0.15, 0.2) is 0 Å². The quantitative estimate of drug-likeness (QED) is 0.622. The number of aliphatic carboxylic acids is 1. The Morgan fingerprint density at radius 3 is 2.62 bits per heavy atom. The Morgan fingerprint density at radius 2 is 2.15 bits per heavy atom. The number of carboxylic acids is 1. The molecule has 0 bridgehead atoms. The minimum absolute atomic E-state index is 0.294. The number of carbonyl (C=O) groups is 1. The van der Waals surface area contributed by atoms with Crippen LogP contribution in [0.2, 0.25) is 5.02 Å². The van der Waals surface area contributed by atoms with Gasteiger partial charge in [-0.25, -0.2) is 0 Å². The summed E-state index contributed by atoms with van der Waals surface area (Å²) in [6, 6.07) is 3.43. The molecule has 0 saturated heterocycles. The molecule has 0 aliphatic carbocycles. The second-order valence-corrected chi connectivity index (χ2v) is 3.03. The van der Waals surface area contributed by atoms with Crippen molar-refractivity contribution in [2.45, 2.75) is 6.04 Å². The van der Waals surface area contributed by atoms with Crippen molar-refractivity contribution in [3.8, 4) is 0 Å². The van der Waals surface area contributed by atoms with Gasteiger partial charge in [-0.1, -0.05) is 17.7 Å². The maximum absolute atomic E-state index is 10.5. The highest BCUT2D eigenvalue weighted by Gasteiger charge is 2.16. The monoisotopic (exact) mass is 200 g/mol. The van der Waals surface area contributed by atoms with Gasteiger partial charge < -0.3 is 16.6 Å². The standard InChI is InChI=1S/C8H9ClN2O2/c9-4-1-2-5(6(10)3-4)7(11)8(12)13/h1-3,7H,10-11H2,(H,12,13)/t7-/m0/s1. The van der Waals surface area contributed by atoms with Crippen LogP contribution in [0.1, 0.15) is 11.6 Å². The lowest BCUT2D eigenvalue weighted by Crippen LogP contribution is -2.21. The average molecular weight is 201 g/mol. The summed E-state index contributed by atoms with van der Waals surface area (Å²) < 4.78 is 0. The van der Waals surface area contributed by atoms with E-state index in [0.717, 1.165) is 0 Å². The first kappa shape index (κ1) is 9.83. The number of carboxylic acid groups (broad SMARTS) is 1. The van der Waals surface area contributed by atoms with E-state index in [0.29, 0.717) is 16.3 Å². The first-order valence-electron chi connectivity index (χ1n) is 3.55. The first-order valence-corrected chi connectivity index (χ1v) is 3.93. The van der Waals surface area contributed by atoms with E-state index in [1.807, 2.05) is 0 Å². The smallest absolute Gasteiger partial charge is 0.325 e. The number of nitrogen functional groups attached to an aromatic ring is 1. The fourth-order valence-electron chi connectivity index (χ4n) is 0.962. The Kier molecular flexibility index (Phi) is 2.75. The summed E-state index contributed by atoms with van der Waals surface area (Å²) in [6.07, 6.45) is 0. The van der Waals surface area contributed by atoms with E-state index < -0.39 is 12.0 Å². The number of rotatable bonds is 2. The summed E-state index contributed by atoms with van der Waals surface area (Å²) >= 11 is 5.63. The molecular formula is C8H9ClN2O2. The van der Waals surface area contributed by atoms with Crippen LogP contribution in [0, 0.1) is 0 Å². The molecule has 1 atom stereocenters. The Labute approximate surface area is 80.1 Å². The highest BCUT2D eigenvalue weighted by molar-refractivity contribution is 6.30. The summed E-state index contributed by atoms with van der Waals surface area (Å²) in [5, 5.41) is 9.07. The minimum Gasteiger partial charge on any atom is -0.480 e. The third-order valence-corrected chi connectivity index (χ3v) is 1.89. The molecule has 0 saturated carbocycles. The van der Waals surface area contributed by atoms with Crippen molar-refractivity contribution in [3.05, 3.63) is 28.8 Å². The highest BCUT2D eigenvalue weighted by Crippen LogP contribution is 2.22. The molecule has 4 nitrogen and oxygen atoms in total. The molecule has 1 aromatic rings. The summed E-state index contributed by atoms with van der Waals surface area (Å²) in [7, 11) is 0.